The number of carbonyl (C=O) groups is 2. The summed E-state index contributed by atoms with van der Waals surface area (Å²) >= 11 is 0. The van der Waals surface area contributed by atoms with Crippen molar-refractivity contribution in [1.82, 2.24) is 0 Å². The van der Waals surface area contributed by atoms with Crippen molar-refractivity contribution in [3.8, 4) is 0 Å². The number of nitrogens with zero attached hydrogens (tertiary/aromatic N) is 1. The molecule has 2 fully saturated rings. The number of benzene rings is 1. The fraction of sp³-hybridized carbons (Fsp3) is 0.636. The van der Waals surface area contributed by atoms with E-state index >= 15 is 0 Å². The van der Waals surface area contributed by atoms with Gasteiger partial charge in [-0.3, -0.25) is 9.59 Å². The maximum atomic E-state index is 12.7. The molecule has 2 amide bonds. The number of carbonyl (C=O) groups excluding carboxylic acids is 2. The van der Waals surface area contributed by atoms with Crippen LogP contribution in [-0.4, -0.2) is 43.8 Å². The first-order valence-corrected chi connectivity index (χ1v) is 10.6. The standard InChI is InChI=1S/C22H32N2O4/c1-2-24(22(26)13-11-20-9-5-15-28-20)18-7-3-6-17(16-18)23-21(25)12-10-19-8-4-14-27-19/h3,6-7,16,19-20H,2,4-5,8-15H2,1H3,(H,23,25). The highest BCUT2D eigenvalue weighted by Gasteiger charge is 2.20. The third-order valence-corrected chi connectivity index (χ3v) is 5.48. The fourth-order valence-corrected chi connectivity index (χ4v) is 3.93. The van der Waals surface area contributed by atoms with E-state index in [1.54, 1.807) is 4.90 Å². The van der Waals surface area contributed by atoms with Crippen LogP contribution in [-0.2, 0) is 19.1 Å². The fourth-order valence-electron chi connectivity index (χ4n) is 3.93. The maximum absolute atomic E-state index is 12.7. The number of hydrogen-bond acceptors (Lipinski definition) is 4. The second-order valence-corrected chi connectivity index (χ2v) is 7.58. The summed E-state index contributed by atoms with van der Waals surface area (Å²) < 4.78 is 11.2. The van der Waals surface area contributed by atoms with Crippen LogP contribution in [0, 0.1) is 0 Å². The molecule has 1 aromatic carbocycles. The van der Waals surface area contributed by atoms with E-state index in [9.17, 15) is 9.59 Å². The van der Waals surface area contributed by atoms with Crippen molar-refractivity contribution < 1.29 is 19.1 Å². The third-order valence-electron chi connectivity index (χ3n) is 5.48. The summed E-state index contributed by atoms with van der Waals surface area (Å²) in [6, 6.07) is 7.52. The van der Waals surface area contributed by atoms with Crippen molar-refractivity contribution in [1.29, 1.82) is 0 Å². The first-order chi connectivity index (χ1) is 13.7. The highest BCUT2D eigenvalue weighted by Crippen LogP contribution is 2.23. The summed E-state index contributed by atoms with van der Waals surface area (Å²) in [5.41, 5.74) is 1.54. The van der Waals surface area contributed by atoms with Gasteiger partial charge in [-0.05, 0) is 63.6 Å². The SMILES string of the molecule is CCN(C(=O)CCC1CCCO1)c1cccc(NC(=O)CCC2CCCO2)c1. The number of rotatable bonds is 9. The van der Waals surface area contributed by atoms with Crippen molar-refractivity contribution >= 4 is 23.2 Å². The van der Waals surface area contributed by atoms with Gasteiger partial charge in [0.2, 0.25) is 11.8 Å². The van der Waals surface area contributed by atoms with Gasteiger partial charge in [0.1, 0.15) is 0 Å². The molecule has 2 unspecified atom stereocenters. The topological polar surface area (TPSA) is 67.9 Å². The lowest BCUT2D eigenvalue weighted by Gasteiger charge is -2.22. The van der Waals surface area contributed by atoms with E-state index in [-0.39, 0.29) is 24.0 Å². The second-order valence-electron chi connectivity index (χ2n) is 7.58. The van der Waals surface area contributed by atoms with Gasteiger partial charge in [0.05, 0.1) is 12.2 Å². The van der Waals surface area contributed by atoms with Crippen LogP contribution in [0.15, 0.2) is 24.3 Å². The van der Waals surface area contributed by atoms with Crippen molar-refractivity contribution in [2.24, 2.45) is 0 Å². The zero-order valence-corrected chi connectivity index (χ0v) is 16.8. The molecule has 2 saturated heterocycles. The van der Waals surface area contributed by atoms with Crippen LogP contribution in [0.2, 0.25) is 0 Å². The Kier molecular flexibility index (Phi) is 7.86. The average Bonchev–Trinajstić information content (AvgIpc) is 3.40. The van der Waals surface area contributed by atoms with E-state index in [0.29, 0.717) is 19.4 Å². The zero-order valence-electron chi connectivity index (χ0n) is 16.8. The van der Waals surface area contributed by atoms with Crippen LogP contribution in [0.5, 0.6) is 0 Å². The molecule has 6 nitrogen and oxygen atoms in total. The van der Waals surface area contributed by atoms with Crippen LogP contribution in [0.3, 0.4) is 0 Å². The molecule has 0 radical (unpaired) electrons. The van der Waals surface area contributed by atoms with Gasteiger partial charge in [-0.25, -0.2) is 0 Å². The normalized spacial score (nSPS) is 21.6. The molecule has 0 spiro atoms. The Labute approximate surface area is 167 Å². The summed E-state index contributed by atoms with van der Waals surface area (Å²) in [5.74, 6) is 0.0836. The summed E-state index contributed by atoms with van der Waals surface area (Å²) in [6.45, 7) is 4.19. The lowest BCUT2D eigenvalue weighted by atomic mass is 10.1. The monoisotopic (exact) mass is 388 g/mol. The molecular weight excluding hydrogens is 356 g/mol. The Morgan fingerprint density at radius 1 is 1.07 bits per heavy atom. The molecule has 1 aromatic rings. The number of nitrogens with one attached hydrogen (secondary N) is 1. The van der Waals surface area contributed by atoms with E-state index < -0.39 is 0 Å². The van der Waals surface area contributed by atoms with Gasteiger partial charge < -0.3 is 19.7 Å². The van der Waals surface area contributed by atoms with Crippen molar-refractivity contribution in [3.63, 3.8) is 0 Å². The third kappa shape index (κ3) is 6.04. The largest absolute Gasteiger partial charge is 0.378 e. The van der Waals surface area contributed by atoms with Crippen LogP contribution in [0.1, 0.15) is 58.3 Å². The second kappa shape index (κ2) is 10.6. The Hall–Kier alpha value is -1.92. The van der Waals surface area contributed by atoms with E-state index in [0.717, 1.165) is 63.1 Å². The van der Waals surface area contributed by atoms with E-state index in [1.165, 1.54) is 0 Å². The van der Waals surface area contributed by atoms with Gasteiger partial charge in [0.15, 0.2) is 0 Å². The highest BCUT2D eigenvalue weighted by atomic mass is 16.5. The summed E-state index contributed by atoms with van der Waals surface area (Å²) in [6.07, 6.45) is 7.17. The summed E-state index contributed by atoms with van der Waals surface area (Å²) in [7, 11) is 0. The number of amides is 2. The molecule has 0 aliphatic carbocycles. The van der Waals surface area contributed by atoms with Gasteiger partial charge in [-0.2, -0.15) is 0 Å². The molecule has 0 bridgehead atoms. The predicted molar refractivity (Wildman–Crippen MR) is 110 cm³/mol. The van der Waals surface area contributed by atoms with Gasteiger partial charge in [0, 0.05) is 44.0 Å². The smallest absolute Gasteiger partial charge is 0.227 e. The molecule has 0 aromatic heterocycles. The molecule has 6 heteroatoms. The molecule has 2 atom stereocenters. The molecule has 2 aliphatic rings. The molecule has 0 saturated carbocycles. The summed E-state index contributed by atoms with van der Waals surface area (Å²) in [5, 5.41) is 2.95. The van der Waals surface area contributed by atoms with Crippen LogP contribution in [0.4, 0.5) is 11.4 Å². The van der Waals surface area contributed by atoms with Crippen molar-refractivity contribution in [2.45, 2.75) is 70.5 Å². The Balaban J connectivity index is 1.52. The van der Waals surface area contributed by atoms with E-state index in [4.69, 9.17) is 9.47 Å². The first-order valence-electron chi connectivity index (χ1n) is 10.6. The van der Waals surface area contributed by atoms with Gasteiger partial charge in [0.25, 0.3) is 0 Å². The average molecular weight is 389 g/mol. The minimum atomic E-state index is -0.0135. The van der Waals surface area contributed by atoms with E-state index in [1.807, 2.05) is 31.2 Å². The number of anilines is 2. The maximum Gasteiger partial charge on any atom is 0.227 e. The van der Waals surface area contributed by atoms with Gasteiger partial charge >= 0.3 is 0 Å². The number of ether oxygens (including phenoxy) is 2. The highest BCUT2D eigenvalue weighted by molar-refractivity contribution is 5.95. The van der Waals surface area contributed by atoms with Gasteiger partial charge in [-0.1, -0.05) is 6.07 Å². The molecule has 28 heavy (non-hydrogen) atoms. The molecular formula is C22H32N2O4. The van der Waals surface area contributed by atoms with Crippen LogP contribution in [0.25, 0.3) is 0 Å². The molecule has 1 N–H and O–H groups in total. The Bertz CT molecular complexity index is 652. The van der Waals surface area contributed by atoms with E-state index in [2.05, 4.69) is 5.32 Å². The molecule has 2 aliphatic heterocycles. The molecule has 2 heterocycles. The van der Waals surface area contributed by atoms with Crippen LogP contribution < -0.4 is 10.2 Å². The first kappa shape index (κ1) is 20.8. The number of hydrogen-bond donors (Lipinski definition) is 1. The Morgan fingerprint density at radius 3 is 2.36 bits per heavy atom. The summed E-state index contributed by atoms with van der Waals surface area (Å²) in [4.78, 5) is 26.7. The van der Waals surface area contributed by atoms with Crippen LogP contribution >= 0.6 is 0 Å². The van der Waals surface area contributed by atoms with Crippen molar-refractivity contribution in [2.75, 3.05) is 30.0 Å². The Morgan fingerprint density at radius 2 is 1.75 bits per heavy atom. The molecule has 154 valence electrons. The van der Waals surface area contributed by atoms with Gasteiger partial charge in [-0.15, -0.1) is 0 Å². The quantitative estimate of drug-likeness (QED) is 0.697. The minimum absolute atomic E-state index is 0.0135. The van der Waals surface area contributed by atoms with Crippen molar-refractivity contribution in [3.05, 3.63) is 24.3 Å². The zero-order chi connectivity index (χ0) is 19.8. The lowest BCUT2D eigenvalue weighted by Crippen LogP contribution is -2.31. The minimum Gasteiger partial charge on any atom is -0.378 e. The molecule has 3 rings (SSSR count). The lowest BCUT2D eigenvalue weighted by molar-refractivity contribution is -0.119. The predicted octanol–water partition coefficient (Wildman–Crippen LogP) is 3.90.